The van der Waals surface area contributed by atoms with E-state index in [4.69, 9.17) is 5.11 Å². The molecule has 1 unspecified atom stereocenters. The van der Waals surface area contributed by atoms with Crippen molar-refractivity contribution in [3.05, 3.63) is 21.9 Å². The largest absolute Gasteiger partial charge is 0.477 e. The second-order valence-electron chi connectivity index (χ2n) is 6.17. The Bertz CT molecular complexity index is 433. The van der Waals surface area contributed by atoms with Gasteiger partial charge in [0.2, 0.25) is 0 Å². The van der Waals surface area contributed by atoms with E-state index in [0.29, 0.717) is 16.2 Å². The van der Waals surface area contributed by atoms with Crippen molar-refractivity contribution in [2.24, 2.45) is 11.3 Å². The van der Waals surface area contributed by atoms with Gasteiger partial charge in [-0.3, -0.25) is 4.90 Å². The first-order chi connectivity index (χ1) is 8.38. The third kappa shape index (κ3) is 2.93. The summed E-state index contributed by atoms with van der Waals surface area (Å²) in [5, 5.41) is 11.0. The van der Waals surface area contributed by atoms with E-state index in [1.54, 1.807) is 0 Å². The number of carbonyl (C=O) groups is 1. The summed E-state index contributed by atoms with van der Waals surface area (Å²) in [6.45, 7) is 9.80. The number of nitrogens with zero attached hydrogens (tertiary/aromatic N) is 1. The Morgan fingerprint density at radius 3 is 2.83 bits per heavy atom. The summed E-state index contributed by atoms with van der Waals surface area (Å²) < 4.78 is 0. The van der Waals surface area contributed by atoms with E-state index in [9.17, 15) is 4.79 Å². The monoisotopic (exact) mass is 267 g/mol. The number of thiophene rings is 1. The van der Waals surface area contributed by atoms with E-state index >= 15 is 0 Å². The maximum atomic E-state index is 11.1. The molecule has 100 valence electrons. The van der Waals surface area contributed by atoms with Crippen LogP contribution < -0.4 is 0 Å². The summed E-state index contributed by atoms with van der Waals surface area (Å²) in [5.74, 6) is -0.0871. The zero-order valence-corrected chi connectivity index (χ0v) is 12.1. The Kier molecular flexibility index (Phi) is 3.78. The first-order valence-electron chi connectivity index (χ1n) is 6.40. The maximum absolute atomic E-state index is 11.1. The molecule has 0 bridgehead atoms. The lowest BCUT2D eigenvalue weighted by Gasteiger charge is -2.27. The fourth-order valence-corrected chi connectivity index (χ4v) is 3.33. The van der Waals surface area contributed by atoms with Gasteiger partial charge in [0.25, 0.3) is 0 Å². The molecule has 4 heteroatoms. The molecule has 1 saturated heterocycles. The standard InChI is InChI=1S/C14H21NO2S/c1-14(2,3)11-4-6-15(9-11)8-10-5-7-18-12(10)13(16)17/h5,7,11H,4,6,8-9H2,1-3H3,(H,16,17). The van der Waals surface area contributed by atoms with Crippen LogP contribution in [0.25, 0.3) is 0 Å². The Morgan fingerprint density at radius 1 is 1.56 bits per heavy atom. The van der Waals surface area contributed by atoms with Gasteiger partial charge in [0.1, 0.15) is 4.88 Å². The van der Waals surface area contributed by atoms with Gasteiger partial charge in [-0.25, -0.2) is 4.79 Å². The van der Waals surface area contributed by atoms with Gasteiger partial charge < -0.3 is 5.11 Å². The lowest BCUT2D eigenvalue weighted by molar-refractivity contribution is 0.0700. The molecular weight excluding hydrogens is 246 g/mol. The van der Waals surface area contributed by atoms with Crippen LogP contribution in [-0.2, 0) is 6.54 Å². The molecule has 0 aromatic carbocycles. The van der Waals surface area contributed by atoms with Crippen LogP contribution in [0.15, 0.2) is 11.4 Å². The highest BCUT2D eigenvalue weighted by atomic mass is 32.1. The van der Waals surface area contributed by atoms with Crippen LogP contribution in [0.2, 0.25) is 0 Å². The number of hydrogen-bond donors (Lipinski definition) is 1. The average molecular weight is 267 g/mol. The van der Waals surface area contributed by atoms with Gasteiger partial charge in [-0.05, 0) is 41.3 Å². The summed E-state index contributed by atoms with van der Waals surface area (Å²) >= 11 is 1.32. The topological polar surface area (TPSA) is 40.5 Å². The molecular formula is C14H21NO2S. The van der Waals surface area contributed by atoms with Gasteiger partial charge in [0.15, 0.2) is 0 Å². The smallest absolute Gasteiger partial charge is 0.346 e. The van der Waals surface area contributed by atoms with Crippen molar-refractivity contribution in [2.45, 2.75) is 33.7 Å². The number of hydrogen-bond acceptors (Lipinski definition) is 3. The highest BCUT2D eigenvalue weighted by molar-refractivity contribution is 7.12. The van der Waals surface area contributed by atoms with Gasteiger partial charge in [-0.1, -0.05) is 20.8 Å². The van der Waals surface area contributed by atoms with Crippen LogP contribution in [0.5, 0.6) is 0 Å². The second-order valence-corrected chi connectivity index (χ2v) is 7.08. The molecule has 2 rings (SSSR count). The van der Waals surface area contributed by atoms with Gasteiger partial charge in [0, 0.05) is 13.1 Å². The molecule has 1 fully saturated rings. The maximum Gasteiger partial charge on any atom is 0.346 e. The van der Waals surface area contributed by atoms with Crippen molar-refractivity contribution in [3.63, 3.8) is 0 Å². The molecule has 0 spiro atoms. The highest BCUT2D eigenvalue weighted by Crippen LogP contribution is 2.34. The van der Waals surface area contributed by atoms with Crippen molar-refractivity contribution in [1.82, 2.24) is 4.90 Å². The van der Waals surface area contributed by atoms with Crippen LogP contribution in [0.4, 0.5) is 0 Å². The van der Waals surface area contributed by atoms with Crippen molar-refractivity contribution in [1.29, 1.82) is 0 Å². The normalized spacial score (nSPS) is 21.4. The fraction of sp³-hybridized carbons (Fsp3) is 0.643. The second kappa shape index (κ2) is 5.02. The first kappa shape index (κ1) is 13.6. The molecule has 1 N–H and O–H groups in total. The lowest BCUT2D eigenvalue weighted by Crippen LogP contribution is -2.26. The average Bonchev–Trinajstić information content (AvgIpc) is 2.85. The van der Waals surface area contributed by atoms with Crippen LogP contribution in [0.3, 0.4) is 0 Å². The number of likely N-dealkylation sites (tertiary alicyclic amines) is 1. The Balaban J connectivity index is 2.00. The zero-order valence-electron chi connectivity index (χ0n) is 11.3. The molecule has 2 heterocycles. The van der Waals surface area contributed by atoms with E-state index in [2.05, 4.69) is 25.7 Å². The Morgan fingerprint density at radius 2 is 2.28 bits per heavy atom. The fourth-order valence-electron chi connectivity index (χ4n) is 2.57. The van der Waals surface area contributed by atoms with E-state index in [1.807, 2.05) is 11.4 Å². The van der Waals surface area contributed by atoms with Crippen LogP contribution >= 0.6 is 11.3 Å². The van der Waals surface area contributed by atoms with E-state index in [0.717, 1.165) is 25.2 Å². The summed E-state index contributed by atoms with van der Waals surface area (Å²) in [6.07, 6.45) is 1.22. The van der Waals surface area contributed by atoms with Crippen molar-refractivity contribution >= 4 is 17.3 Å². The van der Waals surface area contributed by atoms with E-state index in [-0.39, 0.29) is 0 Å². The Labute approximate surface area is 112 Å². The van der Waals surface area contributed by atoms with Crippen LogP contribution in [-0.4, -0.2) is 29.1 Å². The molecule has 1 aromatic heterocycles. The van der Waals surface area contributed by atoms with Gasteiger partial charge in [-0.15, -0.1) is 11.3 Å². The predicted octanol–water partition coefficient (Wildman–Crippen LogP) is 3.31. The minimum Gasteiger partial charge on any atom is -0.477 e. The molecule has 0 amide bonds. The number of aromatic carboxylic acids is 1. The van der Waals surface area contributed by atoms with Gasteiger partial charge in [0.05, 0.1) is 0 Å². The molecule has 0 aliphatic carbocycles. The summed E-state index contributed by atoms with van der Waals surface area (Å²) in [4.78, 5) is 13.9. The first-order valence-corrected chi connectivity index (χ1v) is 7.28. The number of carboxylic acid groups (broad SMARTS) is 1. The molecule has 1 aliphatic rings. The molecule has 0 radical (unpaired) electrons. The lowest BCUT2D eigenvalue weighted by atomic mass is 9.80. The quantitative estimate of drug-likeness (QED) is 0.913. The molecule has 1 atom stereocenters. The third-order valence-electron chi connectivity index (χ3n) is 3.83. The van der Waals surface area contributed by atoms with Crippen molar-refractivity contribution in [2.75, 3.05) is 13.1 Å². The molecule has 1 aliphatic heterocycles. The Hall–Kier alpha value is -0.870. The summed E-state index contributed by atoms with van der Waals surface area (Å²) in [6, 6.07) is 1.94. The van der Waals surface area contributed by atoms with E-state index in [1.165, 1.54) is 17.8 Å². The SMILES string of the molecule is CC(C)(C)C1CCN(Cc2ccsc2C(=O)O)C1. The van der Waals surface area contributed by atoms with Gasteiger partial charge >= 0.3 is 5.97 Å². The van der Waals surface area contributed by atoms with Crippen molar-refractivity contribution < 1.29 is 9.90 Å². The summed E-state index contributed by atoms with van der Waals surface area (Å²) in [7, 11) is 0. The van der Waals surface area contributed by atoms with Crippen LogP contribution in [0.1, 0.15) is 42.4 Å². The molecule has 1 aromatic rings. The molecule has 3 nitrogen and oxygen atoms in total. The van der Waals surface area contributed by atoms with E-state index < -0.39 is 5.97 Å². The number of carboxylic acids is 1. The molecule has 0 saturated carbocycles. The molecule has 18 heavy (non-hydrogen) atoms. The number of rotatable bonds is 3. The highest BCUT2D eigenvalue weighted by Gasteiger charge is 2.32. The van der Waals surface area contributed by atoms with Gasteiger partial charge in [-0.2, -0.15) is 0 Å². The summed E-state index contributed by atoms with van der Waals surface area (Å²) in [5.41, 5.74) is 1.31. The van der Waals surface area contributed by atoms with Crippen molar-refractivity contribution in [3.8, 4) is 0 Å². The minimum atomic E-state index is -0.799. The third-order valence-corrected chi connectivity index (χ3v) is 4.78. The zero-order chi connectivity index (χ0) is 13.3. The van der Waals surface area contributed by atoms with Crippen LogP contribution in [0, 0.1) is 11.3 Å². The predicted molar refractivity (Wildman–Crippen MR) is 74.1 cm³/mol. The minimum absolute atomic E-state index is 0.346.